The van der Waals surface area contributed by atoms with Crippen LogP contribution in [0.4, 0.5) is 0 Å². The van der Waals surface area contributed by atoms with Gasteiger partial charge in [0, 0.05) is 23.6 Å². The number of nitrogens with one attached hydrogen (secondary N) is 2. The smallest absolute Gasteiger partial charge is 0.248 e. The molecule has 0 aliphatic carbocycles. The molecule has 2 N–H and O–H groups in total. The van der Waals surface area contributed by atoms with E-state index in [-0.39, 0.29) is 5.56 Å². The minimum absolute atomic E-state index is 0.0827. The van der Waals surface area contributed by atoms with Gasteiger partial charge in [0.1, 0.15) is 0 Å². The topological polar surface area (TPSA) is 61.5 Å². The molecule has 0 amide bonds. The van der Waals surface area contributed by atoms with E-state index in [1.54, 1.807) is 12.3 Å². The molecule has 2 aromatic heterocycles. The first-order valence-electron chi connectivity index (χ1n) is 7.49. The van der Waals surface area contributed by atoms with Gasteiger partial charge >= 0.3 is 0 Å². The summed E-state index contributed by atoms with van der Waals surface area (Å²) in [5, 5.41) is 8.00. The number of pyridine rings is 1. The molecular formula is C19H15N3O. The average Bonchev–Trinajstić information content (AvgIpc) is 3.03. The van der Waals surface area contributed by atoms with Crippen molar-refractivity contribution in [1.29, 1.82) is 0 Å². The van der Waals surface area contributed by atoms with Crippen LogP contribution in [-0.2, 0) is 6.42 Å². The third-order valence-corrected chi connectivity index (χ3v) is 3.91. The Hall–Kier alpha value is -3.14. The number of benzene rings is 2. The number of aromatic amines is 2. The van der Waals surface area contributed by atoms with Crippen LogP contribution in [0.1, 0.15) is 11.3 Å². The first kappa shape index (κ1) is 13.5. The monoisotopic (exact) mass is 301 g/mol. The Kier molecular flexibility index (Phi) is 3.27. The molecule has 23 heavy (non-hydrogen) atoms. The molecule has 4 aromatic rings. The van der Waals surface area contributed by atoms with Crippen LogP contribution in [0.5, 0.6) is 0 Å². The second kappa shape index (κ2) is 5.57. The van der Waals surface area contributed by atoms with Crippen molar-refractivity contribution in [2.24, 2.45) is 0 Å². The molecule has 0 atom stereocenters. The maximum absolute atomic E-state index is 12.0. The number of nitrogens with zero attached hydrogens (tertiary/aromatic N) is 1. The number of rotatable bonds is 3. The molecule has 0 spiro atoms. The maximum Gasteiger partial charge on any atom is 0.248 e. The van der Waals surface area contributed by atoms with Crippen LogP contribution < -0.4 is 5.56 Å². The van der Waals surface area contributed by atoms with Crippen molar-refractivity contribution in [2.75, 3.05) is 0 Å². The predicted molar refractivity (Wildman–Crippen MR) is 91.4 cm³/mol. The van der Waals surface area contributed by atoms with E-state index in [0.29, 0.717) is 6.42 Å². The summed E-state index contributed by atoms with van der Waals surface area (Å²) in [6.07, 6.45) is 2.49. The highest BCUT2D eigenvalue weighted by molar-refractivity contribution is 5.83. The van der Waals surface area contributed by atoms with Crippen LogP contribution in [0.15, 0.2) is 71.7 Å². The van der Waals surface area contributed by atoms with Crippen LogP contribution >= 0.6 is 0 Å². The normalized spacial score (nSPS) is 11.0. The van der Waals surface area contributed by atoms with Gasteiger partial charge in [0.05, 0.1) is 11.7 Å². The molecule has 0 aliphatic rings. The molecule has 2 aromatic carbocycles. The van der Waals surface area contributed by atoms with Gasteiger partial charge in [-0.15, -0.1) is 0 Å². The van der Waals surface area contributed by atoms with Gasteiger partial charge < -0.3 is 4.98 Å². The zero-order valence-electron chi connectivity index (χ0n) is 12.4. The summed E-state index contributed by atoms with van der Waals surface area (Å²) in [5.74, 6) is 0. The highest BCUT2D eigenvalue weighted by atomic mass is 16.1. The molecule has 0 saturated heterocycles. The Labute approximate surface area is 132 Å². The Balaban J connectivity index is 1.75. The largest absolute Gasteiger partial charge is 0.326 e. The molecule has 0 unspecified atom stereocenters. The van der Waals surface area contributed by atoms with Crippen LogP contribution in [-0.4, -0.2) is 15.2 Å². The van der Waals surface area contributed by atoms with Crippen LogP contribution in [0.25, 0.3) is 22.0 Å². The number of H-pyrrole nitrogens is 2. The fraction of sp³-hybridized carbons (Fsp3) is 0.0526. The molecule has 4 heteroatoms. The van der Waals surface area contributed by atoms with Gasteiger partial charge in [-0.1, -0.05) is 36.4 Å². The van der Waals surface area contributed by atoms with Crippen molar-refractivity contribution in [3.63, 3.8) is 0 Å². The lowest BCUT2D eigenvalue weighted by atomic mass is 10.0. The number of aromatic nitrogens is 3. The van der Waals surface area contributed by atoms with E-state index < -0.39 is 0 Å². The molecule has 112 valence electrons. The van der Waals surface area contributed by atoms with E-state index in [4.69, 9.17) is 0 Å². The van der Waals surface area contributed by atoms with Crippen molar-refractivity contribution >= 4 is 10.9 Å². The highest BCUT2D eigenvalue weighted by Crippen LogP contribution is 2.23. The highest BCUT2D eigenvalue weighted by Gasteiger charge is 2.05. The van der Waals surface area contributed by atoms with Gasteiger partial charge in [-0.3, -0.25) is 9.89 Å². The van der Waals surface area contributed by atoms with Gasteiger partial charge in [-0.2, -0.15) is 5.10 Å². The Bertz CT molecular complexity index is 1020. The predicted octanol–water partition coefficient (Wildman–Crippen LogP) is 3.51. The molecule has 2 heterocycles. The molecule has 0 bridgehead atoms. The summed E-state index contributed by atoms with van der Waals surface area (Å²) in [4.78, 5) is 14.9. The number of fused-ring (bicyclic) bond motifs is 1. The zero-order chi connectivity index (χ0) is 15.6. The van der Waals surface area contributed by atoms with Crippen molar-refractivity contribution in [3.05, 3.63) is 88.5 Å². The number of hydrogen-bond donors (Lipinski definition) is 2. The first-order valence-corrected chi connectivity index (χ1v) is 7.49. The summed E-state index contributed by atoms with van der Waals surface area (Å²) in [6.45, 7) is 0. The van der Waals surface area contributed by atoms with Crippen molar-refractivity contribution in [2.45, 2.75) is 6.42 Å². The lowest BCUT2D eigenvalue weighted by molar-refractivity contribution is 1.05. The standard InChI is InChI=1S/C19H15N3O/c23-19-11-15(14-6-7-18-16(9-14)12-20-22-18)10-17(21-19)8-13-4-2-1-3-5-13/h1-7,9-12H,8H2,(H,20,22)(H,21,23). The van der Waals surface area contributed by atoms with Crippen LogP contribution in [0.3, 0.4) is 0 Å². The minimum atomic E-state index is -0.0827. The van der Waals surface area contributed by atoms with E-state index in [1.807, 2.05) is 42.5 Å². The summed E-state index contributed by atoms with van der Waals surface area (Å²) < 4.78 is 0. The van der Waals surface area contributed by atoms with Gasteiger partial charge in [-0.05, 0) is 34.9 Å². The second-order valence-electron chi connectivity index (χ2n) is 5.59. The average molecular weight is 301 g/mol. The van der Waals surface area contributed by atoms with Gasteiger partial charge in [0.25, 0.3) is 0 Å². The summed E-state index contributed by atoms with van der Waals surface area (Å²) in [5.41, 5.74) is 4.92. The summed E-state index contributed by atoms with van der Waals surface area (Å²) >= 11 is 0. The fourth-order valence-corrected chi connectivity index (χ4v) is 2.80. The molecule has 0 aliphatic heterocycles. The van der Waals surface area contributed by atoms with E-state index in [2.05, 4.69) is 27.3 Å². The lowest BCUT2D eigenvalue weighted by Crippen LogP contribution is -2.08. The van der Waals surface area contributed by atoms with Gasteiger partial charge in [0.15, 0.2) is 0 Å². The third-order valence-electron chi connectivity index (χ3n) is 3.91. The summed E-state index contributed by atoms with van der Waals surface area (Å²) in [7, 11) is 0. The van der Waals surface area contributed by atoms with E-state index >= 15 is 0 Å². The Morgan fingerprint density at radius 3 is 2.65 bits per heavy atom. The molecular weight excluding hydrogens is 286 g/mol. The van der Waals surface area contributed by atoms with E-state index in [1.165, 1.54) is 5.56 Å². The SMILES string of the molecule is O=c1cc(-c2ccc3[nH]ncc3c2)cc(Cc2ccccc2)[nH]1. The van der Waals surface area contributed by atoms with Crippen molar-refractivity contribution in [1.82, 2.24) is 15.2 Å². The molecule has 4 rings (SSSR count). The van der Waals surface area contributed by atoms with Crippen molar-refractivity contribution in [3.8, 4) is 11.1 Å². The van der Waals surface area contributed by atoms with Crippen LogP contribution in [0, 0.1) is 0 Å². The lowest BCUT2D eigenvalue weighted by Gasteiger charge is -2.06. The second-order valence-corrected chi connectivity index (χ2v) is 5.59. The molecule has 0 fully saturated rings. The van der Waals surface area contributed by atoms with E-state index in [9.17, 15) is 4.79 Å². The molecule has 4 nitrogen and oxygen atoms in total. The first-order chi connectivity index (χ1) is 11.3. The van der Waals surface area contributed by atoms with Gasteiger partial charge in [0.2, 0.25) is 5.56 Å². The molecule has 0 saturated carbocycles. The minimum Gasteiger partial charge on any atom is -0.326 e. The number of hydrogen-bond acceptors (Lipinski definition) is 2. The van der Waals surface area contributed by atoms with E-state index in [0.717, 1.165) is 27.7 Å². The molecule has 0 radical (unpaired) electrons. The Morgan fingerprint density at radius 1 is 0.913 bits per heavy atom. The summed E-state index contributed by atoms with van der Waals surface area (Å²) in [6, 6.07) is 19.8. The van der Waals surface area contributed by atoms with Crippen LogP contribution in [0.2, 0.25) is 0 Å². The fourth-order valence-electron chi connectivity index (χ4n) is 2.80. The van der Waals surface area contributed by atoms with Crippen molar-refractivity contribution < 1.29 is 0 Å². The van der Waals surface area contributed by atoms with Gasteiger partial charge in [-0.25, -0.2) is 0 Å². The third kappa shape index (κ3) is 2.79. The quantitative estimate of drug-likeness (QED) is 0.608. The zero-order valence-corrected chi connectivity index (χ0v) is 12.4. The maximum atomic E-state index is 12.0. The Morgan fingerprint density at radius 2 is 1.78 bits per heavy atom.